The highest BCUT2D eigenvalue weighted by molar-refractivity contribution is 5.73. The van der Waals surface area contributed by atoms with Crippen LogP contribution in [0.2, 0.25) is 0 Å². The summed E-state index contributed by atoms with van der Waals surface area (Å²) in [5, 5.41) is 143. The van der Waals surface area contributed by atoms with Gasteiger partial charge in [0.15, 0.2) is 25.0 Å². The molecule has 13 N–H and O–H groups in total. The average molecular weight is 961 g/mol. The van der Waals surface area contributed by atoms with Gasteiger partial charge in [-0.05, 0) is 84.4 Å². The lowest BCUT2D eigenvalue weighted by Crippen LogP contribution is -2.74. The fourth-order valence-corrected chi connectivity index (χ4v) is 15.2. The van der Waals surface area contributed by atoms with Gasteiger partial charge in [0, 0.05) is 5.41 Å². The summed E-state index contributed by atoms with van der Waals surface area (Å²) >= 11 is 0. The van der Waals surface area contributed by atoms with Crippen molar-refractivity contribution in [3.05, 3.63) is 11.6 Å². The minimum Gasteiger partial charge on any atom is -0.479 e. The molecule has 8 aliphatic rings. The first-order chi connectivity index (χ1) is 31.2. The fourth-order valence-electron chi connectivity index (χ4n) is 15.2. The van der Waals surface area contributed by atoms with Crippen molar-refractivity contribution < 1.29 is 99.6 Å². The van der Waals surface area contributed by atoms with E-state index in [9.17, 15) is 71.2 Å². The minimum absolute atomic E-state index is 0.0222. The second kappa shape index (κ2) is 17.9. The number of carboxylic acids is 1. The van der Waals surface area contributed by atoms with Crippen LogP contribution < -0.4 is 0 Å². The van der Waals surface area contributed by atoms with E-state index < -0.39 is 163 Å². The van der Waals surface area contributed by atoms with E-state index in [0.29, 0.717) is 44.9 Å². The van der Waals surface area contributed by atoms with Gasteiger partial charge in [-0.2, -0.15) is 0 Å². The van der Waals surface area contributed by atoms with Gasteiger partial charge < -0.3 is 94.8 Å². The van der Waals surface area contributed by atoms with E-state index in [0.717, 1.165) is 5.57 Å². The van der Waals surface area contributed by atoms with E-state index in [1.165, 1.54) is 0 Å². The lowest BCUT2D eigenvalue weighted by atomic mass is 9.32. The van der Waals surface area contributed by atoms with Crippen molar-refractivity contribution in [1.82, 2.24) is 0 Å². The van der Waals surface area contributed by atoms with Crippen molar-refractivity contribution >= 4 is 5.97 Å². The number of allylic oxidation sites excluding steroid dienone is 1. The quantitative estimate of drug-likeness (QED) is 0.0901. The number of carboxylic acid groups (broad SMARTS) is 1. The molecule has 7 fully saturated rings. The second-order valence-corrected chi connectivity index (χ2v) is 23.4. The standard InChI is InChI=1S/C47H76O20/c1-42(2)14-20-19-8-9-24-44(5)12-11-26(43(3,4)23(44)10-13-45(24,6)46(19,7)36(58)37(59)47(20,18-49)25(51)15-42)64-41-35(67-40-31(56)29(54)28(53)22(16-48)63-40)33(32(57)34(66-41)38(60)61)65-39-30(55)27(52)21(50)17-62-39/h8,20-37,39-41,48-59H,9-18H2,1-7H3,(H,60,61)/t20-,21-,22-,23?,24?,25+,26?,27?,28-,29+,30+,31-,32+,33+,34+,35-,36+,37-,39+,40+,41-,44+,45-,46+,47-/m1/s1. The van der Waals surface area contributed by atoms with Crippen molar-refractivity contribution in [2.75, 3.05) is 19.8 Å². The van der Waals surface area contributed by atoms with Crippen LogP contribution in [0.4, 0.5) is 0 Å². The zero-order chi connectivity index (χ0) is 49.3. The maximum absolute atomic E-state index is 12.8. The van der Waals surface area contributed by atoms with Crippen LogP contribution in [0, 0.1) is 50.2 Å². The molecule has 3 aliphatic heterocycles. The van der Waals surface area contributed by atoms with Crippen molar-refractivity contribution in [1.29, 1.82) is 0 Å². The van der Waals surface area contributed by atoms with E-state index in [1.807, 2.05) is 20.8 Å². The molecule has 0 spiro atoms. The number of aliphatic hydroxyl groups is 12. The third-order valence-electron chi connectivity index (χ3n) is 19.2. The van der Waals surface area contributed by atoms with Crippen molar-refractivity contribution in [2.45, 2.75) is 204 Å². The van der Waals surface area contributed by atoms with E-state index in [2.05, 4.69) is 33.8 Å². The van der Waals surface area contributed by atoms with E-state index in [1.54, 1.807) is 0 Å². The maximum atomic E-state index is 12.8. The van der Waals surface area contributed by atoms with Crippen molar-refractivity contribution in [2.24, 2.45) is 50.2 Å². The Balaban J connectivity index is 1.12. The van der Waals surface area contributed by atoms with Crippen LogP contribution in [-0.2, 0) is 33.2 Å². The number of carbonyl (C=O) groups is 1. The van der Waals surface area contributed by atoms with E-state index >= 15 is 0 Å². The highest BCUT2D eigenvalue weighted by Crippen LogP contribution is 2.76. The number of aliphatic hydroxyl groups excluding tert-OH is 12. The van der Waals surface area contributed by atoms with Crippen molar-refractivity contribution in [3.8, 4) is 0 Å². The molecular weight excluding hydrogens is 884 g/mol. The predicted octanol–water partition coefficient (Wildman–Crippen LogP) is -1.74. The summed E-state index contributed by atoms with van der Waals surface area (Å²) in [4.78, 5) is 12.8. The zero-order valence-corrected chi connectivity index (χ0v) is 39.4. The van der Waals surface area contributed by atoms with Gasteiger partial charge in [0.25, 0.3) is 0 Å². The van der Waals surface area contributed by atoms with Gasteiger partial charge in [0.05, 0.1) is 49.7 Å². The Kier molecular flexibility index (Phi) is 13.9. The lowest BCUT2D eigenvalue weighted by molar-refractivity contribution is -0.392. The molecular formula is C47H76O20. The molecule has 25 atom stereocenters. The monoisotopic (exact) mass is 960 g/mol. The highest BCUT2D eigenvalue weighted by Gasteiger charge is 2.74. The molecule has 20 heteroatoms. The van der Waals surface area contributed by atoms with Crippen LogP contribution in [-0.4, -0.2) is 203 Å². The maximum Gasteiger partial charge on any atom is 0.335 e. The highest BCUT2D eigenvalue weighted by atomic mass is 16.8. The summed E-state index contributed by atoms with van der Waals surface area (Å²) < 4.78 is 36.2. The Morgan fingerprint density at radius 1 is 0.701 bits per heavy atom. The molecule has 67 heavy (non-hydrogen) atoms. The summed E-state index contributed by atoms with van der Waals surface area (Å²) in [6.07, 6.45) is -23.6. The lowest BCUT2D eigenvalue weighted by Gasteiger charge is -2.73. The number of fused-ring (bicyclic) bond motifs is 7. The van der Waals surface area contributed by atoms with Gasteiger partial charge in [-0.25, -0.2) is 4.79 Å². The zero-order valence-electron chi connectivity index (χ0n) is 39.4. The van der Waals surface area contributed by atoms with E-state index in [-0.39, 0.29) is 23.2 Å². The molecule has 20 nitrogen and oxygen atoms in total. The van der Waals surface area contributed by atoms with Gasteiger partial charge in [-0.3, -0.25) is 0 Å². The molecule has 4 saturated carbocycles. The molecule has 8 rings (SSSR count). The van der Waals surface area contributed by atoms with Crippen molar-refractivity contribution in [3.63, 3.8) is 0 Å². The summed E-state index contributed by atoms with van der Waals surface area (Å²) in [7, 11) is 0. The van der Waals surface area contributed by atoms with Gasteiger partial charge in [0.2, 0.25) is 0 Å². The first-order valence-electron chi connectivity index (χ1n) is 24.0. The van der Waals surface area contributed by atoms with Crippen LogP contribution in [0.3, 0.4) is 0 Å². The summed E-state index contributed by atoms with van der Waals surface area (Å²) in [5.41, 5.74) is -3.21. The number of rotatable bonds is 9. The minimum atomic E-state index is -2.09. The first-order valence-corrected chi connectivity index (χ1v) is 24.0. The predicted molar refractivity (Wildman–Crippen MR) is 229 cm³/mol. The number of hydrogen-bond acceptors (Lipinski definition) is 19. The van der Waals surface area contributed by atoms with E-state index in [4.69, 9.17) is 28.4 Å². The van der Waals surface area contributed by atoms with Crippen LogP contribution in [0.5, 0.6) is 0 Å². The topological polar surface area (TPSA) is 335 Å². The third-order valence-corrected chi connectivity index (χ3v) is 19.2. The summed E-state index contributed by atoms with van der Waals surface area (Å²) in [6, 6.07) is 0. The van der Waals surface area contributed by atoms with Crippen LogP contribution in [0.25, 0.3) is 0 Å². The SMILES string of the molecule is CC1(C)C[C@@H]2C3=CCC4[C@@]5(C)CCC(O[C@@H]6O[C@H](C(=O)O)[C@@H](O)[C@H](O[C@@H]7OC[C@@H](O)C(O)[C@@H]7O)[C@H]6O[C@@H]6O[C@H](CO)[C@@H](O)[C@H](O)[C@H]6O)C(C)(C)C5CC[C@@]4(C)[C@]3(C)[C@@H](O)[C@@H](O)[C@@]2(CO)[C@@H](O)C1. The second-order valence-electron chi connectivity index (χ2n) is 23.4. The number of hydrogen-bond donors (Lipinski definition) is 13. The molecule has 0 bridgehead atoms. The van der Waals surface area contributed by atoms with Crippen LogP contribution in [0.1, 0.15) is 93.4 Å². The molecule has 0 radical (unpaired) electrons. The van der Waals surface area contributed by atoms with Crippen LogP contribution >= 0.6 is 0 Å². The Hall–Kier alpha value is -1.51. The molecule has 0 aromatic heterocycles. The molecule has 0 aromatic carbocycles. The molecule has 4 unspecified atom stereocenters. The first kappa shape index (κ1) is 51.8. The Labute approximate surface area is 390 Å². The average Bonchev–Trinajstić information content (AvgIpc) is 3.25. The number of ether oxygens (including phenoxy) is 6. The van der Waals surface area contributed by atoms with Gasteiger partial charge in [-0.15, -0.1) is 0 Å². The van der Waals surface area contributed by atoms with Gasteiger partial charge in [-0.1, -0.05) is 60.1 Å². The Morgan fingerprint density at radius 2 is 1.36 bits per heavy atom. The smallest absolute Gasteiger partial charge is 0.335 e. The molecule has 3 saturated heterocycles. The summed E-state index contributed by atoms with van der Waals surface area (Å²) in [6.45, 7) is 13.0. The van der Waals surface area contributed by atoms with Gasteiger partial charge >= 0.3 is 5.97 Å². The molecule has 0 amide bonds. The number of aliphatic carboxylic acids is 1. The third kappa shape index (κ3) is 7.73. The molecule has 5 aliphatic carbocycles. The molecule has 3 heterocycles. The summed E-state index contributed by atoms with van der Waals surface area (Å²) in [5.74, 6) is -2.08. The molecule has 384 valence electrons. The molecule has 0 aromatic rings. The Morgan fingerprint density at radius 3 is 2.00 bits per heavy atom. The Bertz CT molecular complexity index is 1850. The largest absolute Gasteiger partial charge is 0.479 e. The van der Waals surface area contributed by atoms with Gasteiger partial charge in [0.1, 0.15) is 61.0 Å². The fraction of sp³-hybridized carbons (Fsp3) is 0.936. The van der Waals surface area contributed by atoms with Crippen LogP contribution in [0.15, 0.2) is 11.6 Å². The normalized spacial score (nSPS) is 55.0.